The zero-order valence-electron chi connectivity index (χ0n) is 36.2. The third-order valence-electron chi connectivity index (χ3n) is 9.77. The maximum Gasteiger partial charge on any atom is 0.437 e. The monoisotopic (exact) mass is 1020 g/mol. The van der Waals surface area contributed by atoms with Gasteiger partial charge >= 0.3 is 24.3 Å². The minimum atomic E-state index is -4.65. The van der Waals surface area contributed by atoms with Gasteiger partial charge in [-0.3, -0.25) is 4.79 Å². The van der Waals surface area contributed by atoms with Gasteiger partial charge in [-0.1, -0.05) is 127 Å². The smallest absolute Gasteiger partial charge is 0.437 e. The summed E-state index contributed by atoms with van der Waals surface area (Å²) in [5.41, 5.74) is 1.19. The second-order valence-corrected chi connectivity index (χ2v) is 16.3. The van der Waals surface area contributed by atoms with Crippen LogP contribution in [0.5, 0.6) is 11.5 Å². The predicted octanol–water partition coefficient (Wildman–Crippen LogP) is 14.1. The summed E-state index contributed by atoms with van der Waals surface area (Å²) in [5.74, 6) is -0.615. The quantitative estimate of drug-likeness (QED) is 0.0638. The molecular formula is C46H47BrCl2F6N2O8. The lowest BCUT2D eigenvalue weighted by Gasteiger charge is -2.22. The molecule has 352 valence electrons. The van der Waals surface area contributed by atoms with Crippen molar-refractivity contribution in [3.05, 3.63) is 115 Å². The third kappa shape index (κ3) is 13.1. The number of halogens is 9. The van der Waals surface area contributed by atoms with Gasteiger partial charge in [-0.15, -0.1) is 0 Å². The van der Waals surface area contributed by atoms with Crippen LogP contribution in [-0.2, 0) is 57.1 Å². The molecule has 19 heteroatoms. The van der Waals surface area contributed by atoms with Gasteiger partial charge in [-0.05, 0) is 78.8 Å². The highest BCUT2D eigenvalue weighted by atomic mass is 79.9. The fourth-order valence-corrected chi connectivity index (χ4v) is 7.54. The van der Waals surface area contributed by atoms with Crippen LogP contribution in [0.3, 0.4) is 0 Å². The molecule has 2 aromatic heterocycles. The minimum Gasteiger partial charge on any atom is -0.507 e. The molecule has 2 unspecified atom stereocenters. The number of carbonyl (C=O) groups excluding carboxylic acids is 2. The molecular weight excluding hydrogens is 973 g/mol. The van der Waals surface area contributed by atoms with Crippen molar-refractivity contribution in [2.24, 2.45) is 0 Å². The van der Waals surface area contributed by atoms with Crippen molar-refractivity contribution in [2.45, 2.75) is 102 Å². The van der Waals surface area contributed by atoms with Crippen molar-refractivity contribution in [1.29, 1.82) is 0 Å². The third-order valence-corrected chi connectivity index (χ3v) is 11.2. The second-order valence-electron chi connectivity index (χ2n) is 14.5. The summed E-state index contributed by atoms with van der Waals surface area (Å²) in [7, 11) is 2.59. The van der Waals surface area contributed by atoms with Crippen LogP contribution >= 0.6 is 39.1 Å². The van der Waals surface area contributed by atoms with Crippen LogP contribution in [0.25, 0.3) is 21.9 Å². The highest BCUT2D eigenvalue weighted by Crippen LogP contribution is 2.43. The number of ether oxygens (including phenoxy) is 3. The number of aryl methyl sites for hydroxylation is 4. The summed E-state index contributed by atoms with van der Waals surface area (Å²) >= 11 is 14.9. The summed E-state index contributed by atoms with van der Waals surface area (Å²) < 4.78 is 105. The van der Waals surface area contributed by atoms with Gasteiger partial charge in [-0.25, -0.2) is 4.79 Å². The average molecular weight is 1020 g/mol. The number of esters is 2. The Morgan fingerprint density at radius 1 is 0.662 bits per heavy atom. The molecule has 0 radical (unpaired) electrons. The van der Waals surface area contributed by atoms with Gasteiger partial charge in [0.15, 0.2) is 22.6 Å². The van der Waals surface area contributed by atoms with Crippen LogP contribution in [-0.4, -0.2) is 41.6 Å². The predicted molar refractivity (Wildman–Crippen MR) is 238 cm³/mol. The van der Waals surface area contributed by atoms with E-state index in [0.717, 1.165) is 12.0 Å². The molecule has 0 spiro atoms. The van der Waals surface area contributed by atoms with Crippen molar-refractivity contribution in [1.82, 2.24) is 10.3 Å². The van der Waals surface area contributed by atoms with Crippen LogP contribution in [0.4, 0.5) is 26.3 Å². The summed E-state index contributed by atoms with van der Waals surface area (Å²) in [5, 5.41) is 17.6. The normalized spacial score (nSPS) is 12.5. The molecule has 65 heavy (non-hydrogen) atoms. The van der Waals surface area contributed by atoms with Crippen molar-refractivity contribution in [3.63, 3.8) is 0 Å². The number of alkyl halides is 7. The maximum atomic E-state index is 13.5. The molecule has 4 aromatic carbocycles. The molecule has 1 N–H and O–H groups in total. The van der Waals surface area contributed by atoms with Gasteiger partial charge in [-0.2, -0.15) is 26.3 Å². The van der Waals surface area contributed by atoms with Gasteiger partial charge in [0.2, 0.25) is 6.10 Å². The van der Waals surface area contributed by atoms with E-state index in [1.165, 1.54) is 26.4 Å². The molecule has 6 aromatic rings. The first kappa shape index (κ1) is 52.6. The summed E-state index contributed by atoms with van der Waals surface area (Å²) in [6, 6.07) is 16.3. The standard InChI is InChI=1S/C23H23ClF3NO4.C14H16F3NO2.C9H8BrClO2/c1-4-6-14-12-17-20(32-28-21(17)23(25,26)27)16(7-5-2)18(14)31-19(22(29)30-3)13-8-10-15(24)11-9-13;1-3-5-8-7-10-12(9(6-4-2)11(8)19)20-18-13(10)14(15,16)17;1-13-9(12)8(10)6-2-4-7(11)5-3-6/h8-12,19H,4-7H2,1-3H3;7,19H,3-6H2,1-2H3;2-5,8H,1H3. The highest BCUT2D eigenvalue weighted by molar-refractivity contribution is 9.09. The number of phenolic OH excluding ortho intramolecular Hbond substituents is 1. The number of carbonyl (C=O) groups is 2. The topological polar surface area (TPSA) is 134 Å². The SMILES string of the molecule is CCCc1cc2c(C(F)(F)F)noc2c(CCC)c1O.CCCc1cc2c(C(F)(F)F)noc2c(CCC)c1OC(C(=O)OC)c1ccc(Cl)cc1.COC(=O)C(Br)c1ccc(Cl)cc1. The minimum absolute atomic E-state index is 0.00810. The molecule has 10 nitrogen and oxygen atoms in total. The molecule has 6 rings (SSSR count). The van der Waals surface area contributed by atoms with E-state index < -0.39 is 40.6 Å². The molecule has 0 bridgehead atoms. The lowest BCUT2D eigenvalue weighted by Crippen LogP contribution is -2.21. The number of hydrogen-bond donors (Lipinski definition) is 1. The lowest BCUT2D eigenvalue weighted by molar-refractivity contribution is -0.149. The van der Waals surface area contributed by atoms with Gasteiger partial charge < -0.3 is 28.4 Å². The van der Waals surface area contributed by atoms with E-state index in [-0.39, 0.29) is 33.7 Å². The fraction of sp³-hybridized carbons (Fsp3) is 0.391. The van der Waals surface area contributed by atoms with E-state index >= 15 is 0 Å². The van der Waals surface area contributed by atoms with E-state index in [9.17, 15) is 41.0 Å². The molecule has 0 saturated carbocycles. The molecule has 2 heterocycles. The second kappa shape index (κ2) is 23.4. The van der Waals surface area contributed by atoms with Crippen molar-refractivity contribution < 1.29 is 64.3 Å². The van der Waals surface area contributed by atoms with E-state index in [0.29, 0.717) is 88.6 Å². The Morgan fingerprint density at radius 2 is 1.08 bits per heavy atom. The Kier molecular flexibility index (Phi) is 19.0. The fourth-order valence-electron chi connectivity index (χ4n) is 6.79. The Hall–Kier alpha value is -5.00. The Morgan fingerprint density at radius 3 is 1.52 bits per heavy atom. The van der Waals surface area contributed by atoms with Crippen LogP contribution in [0.2, 0.25) is 10.0 Å². The lowest BCUT2D eigenvalue weighted by atomic mass is 9.97. The number of aromatic hydroxyl groups is 1. The first-order valence-corrected chi connectivity index (χ1v) is 22.1. The van der Waals surface area contributed by atoms with Crippen LogP contribution < -0.4 is 4.74 Å². The van der Waals surface area contributed by atoms with Gasteiger partial charge in [0, 0.05) is 26.7 Å². The molecule has 0 aliphatic rings. The van der Waals surface area contributed by atoms with Gasteiger partial charge in [0.1, 0.15) is 16.3 Å². The Bertz CT molecular complexity index is 2530. The largest absolute Gasteiger partial charge is 0.507 e. The summed E-state index contributed by atoms with van der Waals surface area (Å²) in [4.78, 5) is 23.2. The number of fused-ring (bicyclic) bond motifs is 2. The van der Waals surface area contributed by atoms with Crippen molar-refractivity contribution in [3.8, 4) is 11.5 Å². The molecule has 0 saturated heterocycles. The summed E-state index contributed by atoms with van der Waals surface area (Å²) in [6.07, 6.45) is -5.86. The summed E-state index contributed by atoms with van der Waals surface area (Å²) in [6.45, 7) is 7.59. The highest BCUT2D eigenvalue weighted by Gasteiger charge is 2.40. The molecule has 0 fully saturated rings. The number of rotatable bonds is 14. The molecule has 0 aliphatic heterocycles. The first-order chi connectivity index (χ1) is 30.7. The van der Waals surface area contributed by atoms with Crippen molar-refractivity contribution >= 4 is 73.0 Å². The van der Waals surface area contributed by atoms with E-state index in [4.69, 9.17) is 41.7 Å². The van der Waals surface area contributed by atoms with E-state index in [2.05, 4.69) is 31.0 Å². The maximum absolute atomic E-state index is 13.5. The number of hydrogen-bond acceptors (Lipinski definition) is 10. The molecule has 0 aliphatic carbocycles. The Labute approximate surface area is 389 Å². The van der Waals surface area contributed by atoms with Crippen LogP contribution in [0, 0.1) is 0 Å². The number of nitrogens with zero attached hydrogens (tertiary/aromatic N) is 2. The zero-order chi connectivity index (χ0) is 48.2. The van der Waals surface area contributed by atoms with Crippen molar-refractivity contribution in [2.75, 3.05) is 14.2 Å². The average Bonchev–Trinajstić information content (AvgIpc) is 3.91. The Balaban J connectivity index is 0.000000238. The zero-order valence-corrected chi connectivity index (χ0v) is 39.3. The van der Waals surface area contributed by atoms with Gasteiger partial charge in [0.05, 0.1) is 25.0 Å². The van der Waals surface area contributed by atoms with Gasteiger partial charge in [0.25, 0.3) is 0 Å². The number of aromatic nitrogens is 2. The van der Waals surface area contributed by atoms with Crippen LogP contribution in [0.1, 0.15) is 109 Å². The van der Waals surface area contributed by atoms with E-state index in [1.807, 2.05) is 27.7 Å². The molecule has 2 atom stereocenters. The number of benzene rings is 4. The number of methoxy groups -OCH3 is 2. The van der Waals surface area contributed by atoms with Crippen LogP contribution in [0.15, 0.2) is 69.7 Å². The molecule has 0 amide bonds. The first-order valence-electron chi connectivity index (χ1n) is 20.4. The van der Waals surface area contributed by atoms with E-state index in [1.54, 1.807) is 48.5 Å². The number of phenols is 1.